The number of fused-ring (bicyclic) bond motifs is 2. The summed E-state index contributed by atoms with van der Waals surface area (Å²) < 4.78 is 16.5. The smallest absolute Gasteiger partial charge is 0.342 e. The third kappa shape index (κ3) is 3.55. The van der Waals surface area contributed by atoms with Gasteiger partial charge in [-0.1, -0.05) is 17.7 Å². The summed E-state index contributed by atoms with van der Waals surface area (Å²) in [6, 6.07) is 11.2. The summed E-state index contributed by atoms with van der Waals surface area (Å²) in [6.07, 6.45) is 2.32. The van der Waals surface area contributed by atoms with Gasteiger partial charge in [0.1, 0.15) is 17.2 Å². The number of nitrogens with zero attached hydrogens (tertiary/aromatic N) is 2. The van der Waals surface area contributed by atoms with E-state index >= 15 is 0 Å². The minimum Gasteiger partial charge on any atom is -0.469 e. The van der Waals surface area contributed by atoms with Crippen LogP contribution in [0.3, 0.4) is 0 Å². The summed E-state index contributed by atoms with van der Waals surface area (Å²) >= 11 is 6.36. The molecule has 0 amide bonds. The lowest BCUT2D eigenvalue weighted by Crippen LogP contribution is -2.38. The number of anilines is 2. The van der Waals surface area contributed by atoms with E-state index in [1.807, 2.05) is 43.3 Å². The molecule has 0 radical (unpaired) electrons. The fraction of sp³-hybridized carbons (Fsp3) is 0.240. The first-order valence-electron chi connectivity index (χ1n) is 11.0. The lowest BCUT2D eigenvalue weighted by Gasteiger charge is -2.26. The molecule has 6 rings (SSSR count). The van der Waals surface area contributed by atoms with Crippen LogP contribution >= 0.6 is 11.6 Å². The predicted octanol–water partition coefficient (Wildman–Crippen LogP) is 4.82. The van der Waals surface area contributed by atoms with Gasteiger partial charge in [-0.05, 0) is 36.8 Å². The zero-order valence-electron chi connectivity index (χ0n) is 18.4. The number of carbonyl (C=O) groups excluding carboxylic acids is 1. The predicted molar refractivity (Wildman–Crippen MR) is 128 cm³/mol. The van der Waals surface area contributed by atoms with Gasteiger partial charge >= 0.3 is 5.97 Å². The Morgan fingerprint density at radius 3 is 2.91 bits per heavy atom. The number of rotatable bonds is 5. The van der Waals surface area contributed by atoms with E-state index in [1.54, 1.807) is 6.20 Å². The monoisotopic (exact) mass is 476 g/mol. The quantitative estimate of drug-likeness (QED) is 0.398. The molecule has 2 aliphatic rings. The molecular weight excluding hydrogens is 456 g/mol. The molecule has 172 valence electrons. The molecule has 34 heavy (non-hydrogen) atoms. The Bertz CT molecular complexity index is 1430. The fourth-order valence-corrected chi connectivity index (χ4v) is 4.39. The summed E-state index contributed by atoms with van der Waals surface area (Å²) in [4.78, 5) is 25.5. The lowest BCUT2D eigenvalue weighted by atomic mass is 10.1. The van der Waals surface area contributed by atoms with Crippen LogP contribution in [0.2, 0.25) is 5.02 Å². The number of esters is 1. The van der Waals surface area contributed by atoms with Crippen LogP contribution in [0.15, 0.2) is 42.6 Å². The van der Waals surface area contributed by atoms with Crippen LogP contribution < -0.4 is 10.1 Å². The van der Waals surface area contributed by atoms with E-state index in [0.29, 0.717) is 53.9 Å². The van der Waals surface area contributed by atoms with E-state index < -0.39 is 0 Å². The molecule has 0 unspecified atom stereocenters. The average Bonchev–Trinajstić information content (AvgIpc) is 3.18. The Morgan fingerprint density at radius 2 is 2.09 bits per heavy atom. The lowest BCUT2D eigenvalue weighted by molar-refractivity contribution is -0.0812. The number of nitrogens with one attached hydrogen (secondary N) is 2. The van der Waals surface area contributed by atoms with Crippen LogP contribution in [0.5, 0.6) is 5.88 Å². The van der Waals surface area contributed by atoms with Crippen molar-refractivity contribution in [3.05, 3.63) is 64.4 Å². The minimum atomic E-state index is -0.369. The molecule has 2 N–H and O–H groups in total. The van der Waals surface area contributed by atoms with Crippen LogP contribution in [0.1, 0.15) is 21.6 Å². The molecule has 0 bridgehead atoms. The molecule has 9 heteroatoms. The summed E-state index contributed by atoms with van der Waals surface area (Å²) in [5, 5.41) is 4.07. The van der Waals surface area contributed by atoms with Gasteiger partial charge in [0.2, 0.25) is 5.88 Å². The number of ether oxygens (including phenoxy) is 3. The highest BCUT2D eigenvalue weighted by Crippen LogP contribution is 2.40. The van der Waals surface area contributed by atoms with Crippen LogP contribution in [0.25, 0.3) is 22.3 Å². The van der Waals surface area contributed by atoms with Gasteiger partial charge in [0.25, 0.3) is 0 Å². The van der Waals surface area contributed by atoms with Crippen molar-refractivity contribution in [1.29, 1.82) is 0 Å². The average molecular weight is 477 g/mol. The first kappa shape index (κ1) is 20.9. The van der Waals surface area contributed by atoms with Crippen LogP contribution in [0, 0.1) is 6.92 Å². The Labute approximate surface area is 200 Å². The highest BCUT2D eigenvalue weighted by molar-refractivity contribution is 6.31. The second kappa shape index (κ2) is 8.30. The SMILES string of the molecule is Cc1c(Cl)cccc1Nc1c(-c2ccnc3ccc(OC4COC4)nc23)[nH]c2c1C(=O)OCC2. The fourth-order valence-electron chi connectivity index (χ4n) is 4.21. The standard InChI is InChI=1S/C25H21ClN4O4/c1-13-16(26)3-2-4-17(13)28-24-21-18(8-10-33-25(21)31)29-23(24)15-7-9-27-19-5-6-20(30-22(15)19)34-14-11-32-12-14/h2-7,9,14,28-29H,8,10-12H2,1H3. The number of carbonyl (C=O) groups is 1. The molecule has 5 heterocycles. The maximum absolute atomic E-state index is 12.8. The number of cyclic esters (lactones) is 1. The van der Waals surface area contributed by atoms with Crippen LogP contribution in [-0.4, -0.2) is 46.8 Å². The third-order valence-corrected chi connectivity index (χ3v) is 6.53. The number of hydrogen-bond donors (Lipinski definition) is 2. The van der Waals surface area contributed by atoms with Crippen molar-refractivity contribution >= 4 is 40.0 Å². The summed E-state index contributed by atoms with van der Waals surface area (Å²) in [5.41, 5.74) is 6.52. The zero-order valence-corrected chi connectivity index (χ0v) is 19.1. The molecule has 1 aromatic carbocycles. The largest absolute Gasteiger partial charge is 0.469 e. The molecule has 4 aromatic rings. The molecule has 0 saturated carbocycles. The Balaban J connectivity index is 1.52. The topological polar surface area (TPSA) is 98.4 Å². The maximum atomic E-state index is 12.8. The van der Waals surface area contributed by atoms with E-state index in [2.05, 4.69) is 15.3 Å². The second-order valence-electron chi connectivity index (χ2n) is 8.30. The van der Waals surface area contributed by atoms with E-state index in [0.717, 1.165) is 33.7 Å². The van der Waals surface area contributed by atoms with Crippen molar-refractivity contribution in [3.63, 3.8) is 0 Å². The molecule has 0 spiro atoms. The third-order valence-electron chi connectivity index (χ3n) is 6.12. The summed E-state index contributed by atoms with van der Waals surface area (Å²) in [5.74, 6) is 0.136. The molecule has 8 nitrogen and oxygen atoms in total. The Hall–Kier alpha value is -3.62. The minimum absolute atomic E-state index is 0.000625. The highest BCUT2D eigenvalue weighted by atomic mass is 35.5. The van der Waals surface area contributed by atoms with Crippen LogP contribution in [0.4, 0.5) is 11.4 Å². The van der Waals surface area contributed by atoms with Crippen molar-refractivity contribution in [3.8, 4) is 17.1 Å². The second-order valence-corrected chi connectivity index (χ2v) is 8.71. The molecule has 1 saturated heterocycles. The van der Waals surface area contributed by atoms with Gasteiger partial charge in [-0.15, -0.1) is 0 Å². The zero-order chi connectivity index (χ0) is 23.2. The molecular formula is C25H21ClN4O4. The molecule has 1 fully saturated rings. The number of hydrogen-bond acceptors (Lipinski definition) is 7. The van der Waals surface area contributed by atoms with Crippen molar-refractivity contribution in [2.24, 2.45) is 0 Å². The van der Waals surface area contributed by atoms with E-state index in [9.17, 15) is 4.79 Å². The first-order valence-corrected chi connectivity index (χ1v) is 11.4. The molecule has 0 atom stereocenters. The van der Waals surface area contributed by atoms with Gasteiger partial charge in [-0.25, -0.2) is 9.78 Å². The van der Waals surface area contributed by atoms with Crippen LogP contribution in [-0.2, 0) is 15.9 Å². The van der Waals surface area contributed by atoms with Gasteiger partial charge in [0, 0.05) is 40.7 Å². The first-order chi connectivity index (χ1) is 16.6. The van der Waals surface area contributed by atoms with Gasteiger partial charge in [-0.2, -0.15) is 0 Å². The van der Waals surface area contributed by atoms with Gasteiger partial charge < -0.3 is 24.5 Å². The van der Waals surface area contributed by atoms with Gasteiger partial charge in [-0.3, -0.25) is 4.98 Å². The van der Waals surface area contributed by atoms with E-state index in [1.165, 1.54) is 0 Å². The van der Waals surface area contributed by atoms with Crippen molar-refractivity contribution in [2.75, 3.05) is 25.1 Å². The number of pyridine rings is 2. The number of aromatic nitrogens is 3. The molecule has 2 aliphatic heterocycles. The number of benzene rings is 1. The van der Waals surface area contributed by atoms with Gasteiger partial charge in [0.15, 0.2) is 0 Å². The highest BCUT2D eigenvalue weighted by Gasteiger charge is 2.30. The van der Waals surface area contributed by atoms with Crippen molar-refractivity contribution in [2.45, 2.75) is 19.4 Å². The van der Waals surface area contributed by atoms with E-state index in [-0.39, 0.29) is 12.1 Å². The summed E-state index contributed by atoms with van der Waals surface area (Å²) in [7, 11) is 0. The maximum Gasteiger partial charge on any atom is 0.342 e. The molecule has 0 aliphatic carbocycles. The van der Waals surface area contributed by atoms with Gasteiger partial charge in [0.05, 0.1) is 36.7 Å². The number of aromatic amines is 1. The van der Waals surface area contributed by atoms with Crippen molar-refractivity contribution < 1.29 is 19.0 Å². The molecule has 3 aromatic heterocycles. The number of halogens is 1. The Morgan fingerprint density at radius 1 is 1.21 bits per heavy atom. The Kier molecular flexibility index (Phi) is 5.12. The number of H-pyrrole nitrogens is 1. The van der Waals surface area contributed by atoms with Crippen molar-refractivity contribution in [1.82, 2.24) is 15.0 Å². The van der Waals surface area contributed by atoms with E-state index in [4.69, 9.17) is 30.8 Å². The normalized spacial score (nSPS) is 15.5. The summed E-state index contributed by atoms with van der Waals surface area (Å²) in [6.45, 7) is 3.37.